The number of nitrogens with one attached hydrogen (secondary N) is 1. The Morgan fingerprint density at radius 2 is 2.09 bits per heavy atom. The van der Waals surface area contributed by atoms with Gasteiger partial charge in [0.2, 0.25) is 0 Å². The highest BCUT2D eigenvalue weighted by Gasteiger charge is 2.18. The Bertz CT molecular complexity index is 935. The number of halogens is 1. The van der Waals surface area contributed by atoms with E-state index in [2.05, 4.69) is 14.9 Å². The largest absolute Gasteiger partial charge is 0.364 e. The molecule has 4 rings (SSSR count). The number of nitrogens with zero attached hydrogens (tertiary/aromatic N) is 2. The Morgan fingerprint density at radius 1 is 1.22 bits per heavy atom. The molecule has 0 aliphatic carbocycles. The Labute approximate surface area is 132 Å². The van der Waals surface area contributed by atoms with E-state index in [4.69, 9.17) is 0 Å². The molecule has 0 fully saturated rings. The van der Waals surface area contributed by atoms with Crippen molar-refractivity contribution in [1.82, 2.24) is 9.97 Å². The topological polar surface area (TPSA) is 49.0 Å². The molecule has 2 heterocycles. The highest BCUT2D eigenvalue weighted by molar-refractivity contribution is 5.77. The van der Waals surface area contributed by atoms with Gasteiger partial charge in [-0.15, -0.1) is 0 Å². The number of aromatic nitrogens is 2. The number of aromatic amines is 1. The minimum Gasteiger partial charge on any atom is -0.364 e. The molecule has 3 aromatic rings. The first-order chi connectivity index (χ1) is 11.2. The fourth-order valence-corrected chi connectivity index (χ4v) is 3.20. The molecule has 4 nitrogen and oxygen atoms in total. The summed E-state index contributed by atoms with van der Waals surface area (Å²) < 4.78 is 13.4. The van der Waals surface area contributed by atoms with Gasteiger partial charge in [-0.25, -0.2) is 9.37 Å². The molecular weight excluding hydrogens is 293 g/mol. The second kappa shape index (κ2) is 5.50. The van der Waals surface area contributed by atoms with Gasteiger partial charge in [0, 0.05) is 12.2 Å². The Kier molecular flexibility index (Phi) is 3.33. The van der Waals surface area contributed by atoms with E-state index in [1.54, 1.807) is 12.1 Å². The van der Waals surface area contributed by atoms with E-state index < -0.39 is 0 Å². The van der Waals surface area contributed by atoms with E-state index in [-0.39, 0.29) is 11.4 Å². The molecular formula is C18H16FN3O. The van der Waals surface area contributed by atoms with E-state index in [0.29, 0.717) is 23.3 Å². The predicted molar refractivity (Wildman–Crippen MR) is 88.1 cm³/mol. The van der Waals surface area contributed by atoms with Crippen LogP contribution in [-0.4, -0.2) is 16.5 Å². The Morgan fingerprint density at radius 3 is 3.00 bits per heavy atom. The fourth-order valence-electron chi connectivity index (χ4n) is 3.20. The molecule has 0 saturated heterocycles. The average Bonchev–Trinajstić information content (AvgIpc) is 2.55. The van der Waals surface area contributed by atoms with E-state index in [0.717, 1.165) is 30.6 Å². The van der Waals surface area contributed by atoms with Crippen LogP contribution in [0.3, 0.4) is 0 Å². The fraction of sp³-hybridized carbons (Fsp3) is 0.222. The van der Waals surface area contributed by atoms with Crippen molar-refractivity contribution in [1.29, 1.82) is 0 Å². The summed E-state index contributed by atoms with van der Waals surface area (Å²) in [6, 6.07) is 12.2. The SMILES string of the molecule is O=c1[nH]c(CN2CCCc3cc(F)ccc32)nc2ccccc12. The van der Waals surface area contributed by atoms with Gasteiger partial charge in [0.15, 0.2) is 0 Å². The molecule has 0 unspecified atom stereocenters. The van der Waals surface area contributed by atoms with Crippen LogP contribution in [0.5, 0.6) is 0 Å². The zero-order chi connectivity index (χ0) is 15.8. The summed E-state index contributed by atoms with van der Waals surface area (Å²) in [5.41, 5.74) is 2.61. The Balaban J connectivity index is 1.71. The first kappa shape index (κ1) is 13.9. The molecule has 0 spiro atoms. The van der Waals surface area contributed by atoms with Gasteiger partial charge in [-0.1, -0.05) is 12.1 Å². The van der Waals surface area contributed by atoms with Crippen molar-refractivity contribution in [3.8, 4) is 0 Å². The molecule has 0 amide bonds. The van der Waals surface area contributed by atoms with Gasteiger partial charge in [-0.3, -0.25) is 4.79 Å². The summed E-state index contributed by atoms with van der Waals surface area (Å²) in [6.45, 7) is 1.38. The summed E-state index contributed by atoms with van der Waals surface area (Å²) in [5, 5.41) is 0.595. The minimum absolute atomic E-state index is 0.123. The standard InChI is InChI=1S/C18H16FN3O/c19-13-7-8-16-12(10-13)4-3-9-22(16)11-17-20-15-6-2-1-5-14(15)18(23)21-17/h1-2,5-8,10H,3-4,9,11H2,(H,20,21,23). The van der Waals surface area contributed by atoms with Crippen LogP contribution >= 0.6 is 0 Å². The first-order valence-electron chi connectivity index (χ1n) is 7.72. The highest BCUT2D eigenvalue weighted by atomic mass is 19.1. The number of hydrogen-bond donors (Lipinski definition) is 1. The van der Waals surface area contributed by atoms with Crippen molar-refractivity contribution in [3.63, 3.8) is 0 Å². The van der Waals surface area contributed by atoms with Gasteiger partial charge < -0.3 is 9.88 Å². The van der Waals surface area contributed by atoms with E-state index in [9.17, 15) is 9.18 Å². The number of anilines is 1. The smallest absolute Gasteiger partial charge is 0.258 e. The summed E-state index contributed by atoms with van der Waals surface area (Å²) in [7, 11) is 0. The van der Waals surface area contributed by atoms with Crippen LogP contribution in [-0.2, 0) is 13.0 Å². The second-order valence-corrected chi connectivity index (χ2v) is 5.83. The van der Waals surface area contributed by atoms with Crippen LogP contribution in [0.15, 0.2) is 47.3 Å². The molecule has 0 bridgehead atoms. The number of fused-ring (bicyclic) bond motifs is 2. The predicted octanol–water partition coefficient (Wildman–Crippen LogP) is 3.02. The number of hydrogen-bond acceptors (Lipinski definition) is 3. The van der Waals surface area contributed by atoms with Gasteiger partial charge in [0.05, 0.1) is 17.4 Å². The summed E-state index contributed by atoms with van der Waals surface area (Å²) >= 11 is 0. The lowest BCUT2D eigenvalue weighted by Crippen LogP contribution is -2.30. The van der Waals surface area contributed by atoms with E-state index >= 15 is 0 Å². The lowest BCUT2D eigenvalue weighted by molar-refractivity contribution is 0.616. The first-order valence-corrected chi connectivity index (χ1v) is 7.72. The molecule has 23 heavy (non-hydrogen) atoms. The maximum absolute atomic E-state index is 13.4. The lowest BCUT2D eigenvalue weighted by atomic mass is 10.0. The van der Waals surface area contributed by atoms with E-state index in [1.165, 1.54) is 6.07 Å². The molecule has 1 N–H and O–H groups in total. The quantitative estimate of drug-likeness (QED) is 0.791. The minimum atomic E-state index is -0.206. The zero-order valence-electron chi connectivity index (χ0n) is 12.6. The highest BCUT2D eigenvalue weighted by Crippen LogP contribution is 2.28. The van der Waals surface area contributed by atoms with E-state index in [1.807, 2.05) is 24.3 Å². The maximum atomic E-state index is 13.4. The van der Waals surface area contributed by atoms with Crippen molar-refractivity contribution in [2.75, 3.05) is 11.4 Å². The van der Waals surface area contributed by atoms with Crippen LogP contribution in [0.4, 0.5) is 10.1 Å². The molecule has 1 aromatic heterocycles. The monoisotopic (exact) mass is 309 g/mol. The molecule has 0 radical (unpaired) electrons. The van der Waals surface area contributed by atoms with Crippen molar-refractivity contribution < 1.29 is 4.39 Å². The normalized spacial score (nSPS) is 14.0. The lowest BCUT2D eigenvalue weighted by Gasteiger charge is -2.30. The van der Waals surface area contributed by atoms with Crippen molar-refractivity contribution in [2.24, 2.45) is 0 Å². The third-order valence-electron chi connectivity index (χ3n) is 4.26. The Hall–Kier alpha value is -2.69. The number of aryl methyl sites for hydroxylation is 1. The van der Waals surface area contributed by atoms with Gasteiger partial charge in [-0.05, 0) is 48.7 Å². The molecule has 5 heteroatoms. The summed E-state index contributed by atoms with van der Waals surface area (Å²) in [6.07, 6.45) is 1.85. The van der Waals surface area contributed by atoms with Crippen LogP contribution in [0, 0.1) is 5.82 Å². The molecule has 0 atom stereocenters. The maximum Gasteiger partial charge on any atom is 0.258 e. The number of para-hydroxylation sites is 1. The van der Waals surface area contributed by atoms with Crippen LogP contribution < -0.4 is 10.5 Å². The van der Waals surface area contributed by atoms with Crippen molar-refractivity contribution >= 4 is 16.6 Å². The van der Waals surface area contributed by atoms with Crippen LogP contribution in [0.1, 0.15) is 17.8 Å². The summed E-state index contributed by atoms with van der Waals surface area (Å²) in [5.74, 6) is 0.425. The molecule has 1 aliphatic rings. The average molecular weight is 309 g/mol. The summed E-state index contributed by atoms with van der Waals surface area (Å²) in [4.78, 5) is 21.7. The molecule has 2 aromatic carbocycles. The van der Waals surface area contributed by atoms with Gasteiger partial charge in [0.1, 0.15) is 11.6 Å². The van der Waals surface area contributed by atoms with Gasteiger partial charge >= 0.3 is 0 Å². The number of H-pyrrole nitrogens is 1. The van der Waals surface area contributed by atoms with Gasteiger partial charge in [-0.2, -0.15) is 0 Å². The van der Waals surface area contributed by atoms with Crippen LogP contribution in [0.25, 0.3) is 10.9 Å². The number of rotatable bonds is 2. The van der Waals surface area contributed by atoms with Crippen molar-refractivity contribution in [3.05, 3.63) is 70.0 Å². The molecule has 0 saturated carbocycles. The molecule has 1 aliphatic heterocycles. The van der Waals surface area contributed by atoms with Crippen molar-refractivity contribution in [2.45, 2.75) is 19.4 Å². The number of benzene rings is 2. The van der Waals surface area contributed by atoms with Crippen LogP contribution in [0.2, 0.25) is 0 Å². The molecule has 116 valence electrons. The third-order valence-corrected chi connectivity index (χ3v) is 4.26. The van der Waals surface area contributed by atoms with Gasteiger partial charge in [0.25, 0.3) is 5.56 Å². The zero-order valence-corrected chi connectivity index (χ0v) is 12.6. The third kappa shape index (κ3) is 2.59. The second-order valence-electron chi connectivity index (χ2n) is 5.83.